The molecule has 19 heavy (non-hydrogen) atoms. The number of carbonyl (C=O) groups is 1. The van der Waals surface area contributed by atoms with E-state index in [1.54, 1.807) is 6.07 Å². The summed E-state index contributed by atoms with van der Waals surface area (Å²) in [4.78, 5) is 10.9. The molecule has 2 N–H and O–H groups in total. The maximum atomic E-state index is 14.1. The first-order valence-electron chi connectivity index (χ1n) is 5.94. The minimum absolute atomic E-state index is 0.328. The van der Waals surface area contributed by atoms with Gasteiger partial charge in [-0.05, 0) is 6.42 Å². The lowest BCUT2D eigenvalue weighted by atomic mass is 9.98. The van der Waals surface area contributed by atoms with Crippen LogP contribution in [0.15, 0.2) is 12.1 Å². The number of hydrogen-bond donors (Lipinski definition) is 2. The number of hydrogen-bond acceptors (Lipinski definition) is 4. The minimum atomic E-state index is -0.872. The number of halogens is 1. The molecule has 1 aliphatic rings. The third-order valence-electron chi connectivity index (χ3n) is 3.35. The number of aliphatic carboxylic acids is 1. The van der Waals surface area contributed by atoms with E-state index in [0.717, 1.165) is 0 Å². The maximum absolute atomic E-state index is 14.1. The van der Waals surface area contributed by atoms with Gasteiger partial charge in [-0.1, -0.05) is 0 Å². The third kappa shape index (κ3) is 2.63. The van der Waals surface area contributed by atoms with Crippen molar-refractivity contribution in [1.29, 1.82) is 0 Å². The Morgan fingerprint density at radius 1 is 1.42 bits per heavy atom. The molecule has 0 saturated carbocycles. The molecule has 0 radical (unpaired) electrons. The van der Waals surface area contributed by atoms with E-state index < -0.39 is 17.7 Å². The summed E-state index contributed by atoms with van der Waals surface area (Å²) in [7, 11) is 2.89. The summed E-state index contributed by atoms with van der Waals surface area (Å²) in [6, 6.07) is 2.50. The molecule has 1 heterocycles. The molecule has 5 nitrogen and oxygen atoms in total. The Morgan fingerprint density at radius 3 is 2.68 bits per heavy atom. The van der Waals surface area contributed by atoms with Crippen molar-refractivity contribution in [3.05, 3.63) is 23.5 Å². The zero-order chi connectivity index (χ0) is 14.0. The number of methoxy groups -OCH3 is 2. The average molecular weight is 269 g/mol. The van der Waals surface area contributed by atoms with Gasteiger partial charge < -0.3 is 19.9 Å². The normalized spacial score (nSPS) is 22.3. The number of nitrogens with one attached hydrogen (secondary N) is 1. The highest BCUT2D eigenvalue weighted by molar-refractivity contribution is 5.71. The molecule has 1 saturated heterocycles. The van der Waals surface area contributed by atoms with E-state index in [1.165, 1.54) is 20.3 Å². The van der Waals surface area contributed by atoms with Crippen molar-refractivity contribution < 1.29 is 23.8 Å². The smallest absolute Gasteiger partial charge is 0.307 e. The van der Waals surface area contributed by atoms with Crippen LogP contribution in [-0.2, 0) is 4.79 Å². The molecule has 1 fully saturated rings. The molecular formula is C13H16FNO4. The first kappa shape index (κ1) is 13.6. The van der Waals surface area contributed by atoms with Crippen LogP contribution in [0.5, 0.6) is 11.5 Å². The van der Waals surface area contributed by atoms with Crippen molar-refractivity contribution >= 4 is 5.97 Å². The Hall–Kier alpha value is -1.82. The van der Waals surface area contributed by atoms with Gasteiger partial charge in [0.1, 0.15) is 17.3 Å². The zero-order valence-electron chi connectivity index (χ0n) is 10.8. The molecule has 0 aliphatic carbocycles. The summed E-state index contributed by atoms with van der Waals surface area (Å²) in [6.45, 7) is 0.328. The largest absolute Gasteiger partial charge is 0.497 e. The molecule has 1 aromatic rings. The van der Waals surface area contributed by atoms with Gasteiger partial charge in [-0.2, -0.15) is 0 Å². The molecular weight excluding hydrogens is 253 g/mol. The van der Waals surface area contributed by atoms with E-state index in [0.29, 0.717) is 30.0 Å². The van der Waals surface area contributed by atoms with Gasteiger partial charge in [0.25, 0.3) is 0 Å². The number of rotatable bonds is 4. The van der Waals surface area contributed by atoms with E-state index >= 15 is 0 Å². The highest BCUT2D eigenvalue weighted by Gasteiger charge is 2.33. The summed E-state index contributed by atoms with van der Waals surface area (Å²) in [5, 5.41) is 12.0. The summed E-state index contributed by atoms with van der Waals surface area (Å²) in [6.07, 6.45) is 0.342. The van der Waals surface area contributed by atoms with E-state index in [4.69, 9.17) is 14.6 Å². The quantitative estimate of drug-likeness (QED) is 0.868. The van der Waals surface area contributed by atoms with Crippen LogP contribution >= 0.6 is 0 Å². The summed E-state index contributed by atoms with van der Waals surface area (Å²) >= 11 is 0. The molecule has 104 valence electrons. The van der Waals surface area contributed by atoms with Gasteiger partial charge in [0.15, 0.2) is 0 Å². The lowest BCUT2D eigenvalue weighted by Gasteiger charge is -2.17. The molecule has 1 aromatic carbocycles. The van der Waals surface area contributed by atoms with Crippen molar-refractivity contribution in [2.75, 3.05) is 20.8 Å². The molecule has 0 bridgehead atoms. The Labute approximate surface area is 110 Å². The third-order valence-corrected chi connectivity index (χ3v) is 3.35. The van der Waals surface area contributed by atoms with Gasteiger partial charge >= 0.3 is 5.97 Å². The molecule has 2 atom stereocenters. The van der Waals surface area contributed by atoms with Crippen LogP contribution in [0.25, 0.3) is 0 Å². The molecule has 2 rings (SSSR count). The molecule has 0 spiro atoms. The predicted octanol–water partition coefficient (Wildman–Crippen LogP) is 1.58. The molecule has 0 amide bonds. The van der Waals surface area contributed by atoms with Crippen LogP contribution in [0.4, 0.5) is 4.39 Å². The van der Waals surface area contributed by atoms with Crippen molar-refractivity contribution in [3.63, 3.8) is 0 Å². The van der Waals surface area contributed by atoms with Crippen LogP contribution < -0.4 is 14.8 Å². The molecule has 6 heteroatoms. The van der Waals surface area contributed by atoms with Gasteiger partial charge in [0.2, 0.25) is 0 Å². The lowest BCUT2D eigenvalue weighted by Crippen LogP contribution is -2.18. The van der Waals surface area contributed by atoms with Gasteiger partial charge in [-0.3, -0.25) is 4.79 Å². The van der Waals surface area contributed by atoms with Crippen LogP contribution in [0.2, 0.25) is 0 Å². The lowest BCUT2D eigenvalue weighted by molar-refractivity contribution is -0.141. The Morgan fingerprint density at radius 2 is 2.16 bits per heavy atom. The number of benzene rings is 1. The van der Waals surface area contributed by atoms with Crippen LogP contribution in [-0.4, -0.2) is 31.8 Å². The first-order chi connectivity index (χ1) is 9.06. The second-order valence-corrected chi connectivity index (χ2v) is 4.46. The van der Waals surface area contributed by atoms with Gasteiger partial charge in [0, 0.05) is 30.3 Å². The standard InChI is InChI=1S/C13H16FNO4/c1-18-8-4-9(14)12(11(5-8)19-2)10-3-7(6-15-10)13(16)17/h4-5,7,10,15H,3,6H2,1-2H3,(H,16,17). The van der Waals surface area contributed by atoms with Gasteiger partial charge in [-0.15, -0.1) is 0 Å². The SMILES string of the molecule is COc1cc(F)c(C2CC(C(=O)O)CN2)c(OC)c1. The van der Waals surface area contributed by atoms with Crippen LogP contribution in [0.1, 0.15) is 18.0 Å². The van der Waals surface area contributed by atoms with Crippen molar-refractivity contribution in [1.82, 2.24) is 5.32 Å². The molecule has 1 aliphatic heterocycles. The van der Waals surface area contributed by atoms with E-state index in [-0.39, 0.29) is 6.04 Å². The second-order valence-electron chi connectivity index (χ2n) is 4.46. The Kier molecular flexibility index (Phi) is 3.90. The van der Waals surface area contributed by atoms with Gasteiger partial charge in [-0.25, -0.2) is 4.39 Å². The monoisotopic (exact) mass is 269 g/mol. The summed E-state index contributed by atoms with van der Waals surface area (Å²) < 4.78 is 24.3. The Bertz CT molecular complexity index is 492. The van der Waals surface area contributed by atoms with E-state index in [2.05, 4.69) is 5.32 Å². The number of carboxylic acid groups (broad SMARTS) is 1. The summed E-state index contributed by atoms with van der Waals surface area (Å²) in [5.41, 5.74) is 0.354. The highest BCUT2D eigenvalue weighted by atomic mass is 19.1. The fraction of sp³-hybridized carbons (Fsp3) is 0.462. The zero-order valence-corrected chi connectivity index (χ0v) is 10.8. The number of carboxylic acids is 1. The first-order valence-corrected chi connectivity index (χ1v) is 5.94. The average Bonchev–Trinajstić information content (AvgIpc) is 2.86. The fourth-order valence-corrected chi connectivity index (χ4v) is 2.34. The van der Waals surface area contributed by atoms with Crippen molar-refractivity contribution in [2.45, 2.75) is 12.5 Å². The minimum Gasteiger partial charge on any atom is -0.497 e. The molecule has 0 aromatic heterocycles. The van der Waals surface area contributed by atoms with Crippen molar-refractivity contribution in [2.24, 2.45) is 5.92 Å². The summed E-state index contributed by atoms with van der Waals surface area (Å²) in [5.74, 6) is -1.11. The number of ether oxygens (including phenoxy) is 2. The van der Waals surface area contributed by atoms with Gasteiger partial charge in [0.05, 0.1) is 20.1 Å². The maximum Gasteiger partial charge on any atom is 0.307 e. The highest BCUT2D eigenvalue weighted by Crippen LogP contribution is 2.37. The fourth-order valence-electron chi connectivity index (χ4n) is 2.34. The van der Waals surface area contributed by atoms with E-state index in [1.807, 2.05) is 0 Å². The topological polar surface area (TPSA) is 67.8 Å². The molecule has 2 unspecified atom stereocenters. The van der Waals surface area contributed by atoms with E-state index in [9.17, 15) is 9.18 Å². The van der Waals surface area contributed by atoms with Crippen molar-refractivity contribution in [3.8, 4) is 11.5 Å². The Balaban J connectivity index is 2.32. The van der Waals surface area contributed by atoms with Crippen LogP contribution in [0, 0.1) is 11.7 Å². The second kappa shape index (κ2) is 5.44. The van der Waals surface area contributed by atoms with Crippen LogP contribution in [0.3, 0.4) is 0 Å². The predicted molar refractivity (Wildman–Crippen MR) is 66.0 cm³/mol.